The SMILES string of the molecule is CC(C)(C)OC(=O)NC1(c2ccc(Nc3nc(Nc4cccc(N5CCOCC5)c4)ccc3N)cc2)CCC1. The fourth-order valence-corrected chi connectivity index (χ4v) is 4.91. The first-order valence-corrected chi connectivity index (χ1v) is 13.5. The molecule has 2 aromatic carbocycles. The van der Waals surface area contributed by atoms with Gasteiger partial charge in [-0.05, 0) is 88.1 Å². The Hall–Kier alpha value is -3.98. The van der Waals surface area contributed by atoms with Crippen LogP contribution in [-0.4, -0.2) is 43.0 Å². The van der Waals surface area contributed by atoms with Crippen molar-refractivity contribution in [3.05, 3.63) is 66.2 Å². The number of nitrogens with one attached hydrogen (secondary N) is 3. The molecular formula is C30H38N6O3. The summed E-state index contributed by atoms with van der Waals surface area (Å²) in [4.78, 5) is 19.5. The number of aromatic nitrogens is 1. The minimum Gasteiger partial charge on any atom is -0.444 e. The Morgan fingerprint density at radius 1 is 1.00 bits per heavy atom. The summed E-state index contributed by atoms with van der Waals surface area (Å²) in [6, 6.07) is 20.0. The Morgan fingerprint density at radius 3 is 2.41 bits per heavy atom. The second-order valence-electron chi connectivity index (χ2n) is 11.2. The normalized spacial score (nSPS) is 16.6. The van der Waals surface area contributed by atoms with Gasteiger partial charge in [-0.2, -0.15) is 0 Å². The standard InChI is InChI=1S/C30H38N6O3/c1-29(2,3)39-28(37)35-30(14-5-15-30)21-8-10-22(11-9-21)33-27-25(31)12-13-26(34-27)32-23-6-4-7-24(20-23)36-16-18-38-19-17-36/h4,6-13,20H,5,14-19,31H2,1-3H3,(H,35,37)(H2,32,33,34). The van der Waals surface area contributed by atoms with Gasteiger partial charge >= 0.3 is 6.09 Å². The highest BCUT2D eigenvalue weighted by molar-refractivity contribution is 5.73. The number of nitrogen functional groups attached to an aromatic ring is 1. The number of hydrogen-bond acceptors (Lipinski definition) is 8. The highest BCUT2D eigenvalue weighted by Crippen LogP contribution is 2.42. The van der Waals surface area contributed by atoms with Gasteiger partial charge in [0.2, 0.25) is 0 Å². The van der Waals surface area contributed by atoms with E-state index in [1.54, 1.807) is 0 Å². The molecule has 0 unspecified atom stereocenters. The lowest BCUT2D eigenvalue weighted by Gasteiger charge is -2.43. The van der Waals surface area contributed by atoms with Gasteiger partial charge in [0, 0.05) is 30.2 Å². The van der Waals surface area contributed by atoms with E-state index < -0.39 is 11.1 Å². The van der Waals surface area contributed by atoms with E-state index in [1.165, 1.54) is 0 Å². The molecule has 1 aliphatic heterocycles. The smallest absolute Gasteiger partial charge is 0.408 e. The molecule has 1 saturated heterocycles. The zero-order valence-electron chi connectivity index (χ0n) is 22.9. The fraction of sp³-hybridized carbons (Fsp3) is 0.400. The number of morpholine rings is 1. The van der Waals surface area contributed by atoms with Gasteiger partial charge in [0.25, 0.3) is 0 Å². The van der Waals surface area contributed by atoms with Crippen molar-refractivity contribution in [3.63, 3.8) is 0 Å². The molecule has 5 rings (SSSR count). The predicted molar refractivity (Wildman–Crippen MR) is 156 cm³/mol. The van der Waals surface area contributed by atoms with Crippen LogP contribution in [0.5, 0.6) is 0 Å². The molecule has 0 spiro atoms. The second-order valence-corrected chi connectivity index (χ2v) is 11.2. The maximum atomic E-state index is 12.5. The molecule has 1 aromatic heterocycles. The molecule has 1 amide bonds. The summed E-state index contributed by atoms with van der Waals surface area (Å²) in [5.41, 5.74) is 9.90. The monoisotopic (exact) mass is 530 g/mol. The lowest BCUT2D eigenvalue weighted by atomic mass is 9.72. The molecule has 2 aliphatic rings. The zero-order chi connectivity index (χ0) is 27.5. The highest BCUT2D eigenvalue weighted by Gasteiger charge is 2.41. The molecule has 0 atom stereocenters. The van der Waals surface area contributed by atoms with Gasteiger partial charge in [0.15, 0.2) is 5.82 Å². The van der Waals surface area contributed by atoms with Crippen molar-refractivity contribution >= 4 is 40.5 Å². The predicted octanol–water partition coefficient (Wildman–Crippen LogP) is 5.89. The largest absolute Gasteiger partial charge is 0.444 e. The van der Waals surface area contributed by atoms with Gasteiger partial charge in [-0.3, -0.25) is 0 Å². The van der Waals surface area contributed by atoms with Crippen LogP contribution in [0.2, 0.25) is 0 Å². The van der Waals surface area contributed by atoms with Gasteiger partial charge in [-0.25, -0.2) is 9.78 Å². The number of benzene rings is 2. The molecule has 9 nitrogen and oxygen atoms in total. The van der Waals surface area contributed by atoms with E-state index in [4.69, 9.17) is 20.2 Å². The summed E-state index contributed by atoms with van der Waals surface area (Å²) in [5, 5.41) is 9.84. The number of nitrogens with zero attached hydrogens (tertiary/aromatic N) is 2. The topological polar surface area (TPSA) is 114 Å². The van der Waals surface area contributed by atoms with Gasteiger partial charge < -0.3 is 36.1 Å². The van der Waals surface area contributed by atoms with Crippen molar-refractivity contribution in [3.8, 4) is 0 Å². The summed E-state index contributed by atoms with van der Waals surface area (Å²) < 4.78 is 11.0. The Bertz CT molecular complexity index is 1290. The summed E-state index contributed by atoms with van der Waals surface area (Å²) in [6.45, 7) is 8.86. The number of ether oxygens (including phenoxy) is 2. The molecule has 5 N–H and O–H groups in total. The number of carbonyl (C=O) groups is 1. The number of alkyl carbamates (subject to hydrolysis) is 1. The third-order valence-corrected chi connectivity index (χ3v) is 7.07. The quantitative estimate of drug-likeness (QED) is 0.299. The fourth-order valence-electron chi connectivity index (χ4n) is 4.91. The van der Waals surface area contributed by atoms with E-state index in [0.29, 0.717) is 17.3 Å². The lowest BCUT2D eigenvalue weighted by Crippen LogP contribution is -2.52. The summed E-state index contributed by atoms with van der Waals surface area (Å²) in [5.74, 6) is 1.26. The van der Waals surface area contributed by atoms with Gasteiger partial charge in [-0.1, -0.05) is 18.2 Å². The van der Waals surface area contributed by atoms with Crippen molar-refractivity contribution < 1.29 is 14.3 Å². The molecule has 3 aromatic rings. The van der Waals surface area contributed by atoms with Gasteiger partial charge in [0.05, 0.1) is 24.4 Å². The van der Waals surface area contributed by atoms with Gasteiger partial charge in [-0.15, -0.1) is 0 Å². The highest BCUT2D eigenvalue weighted by atomic mass is 16.6. The van der Waals surface area contributed by atoms with Crippen LogP contribution in [-0.2, 0) is 15.0 Å². The van der Waals surface area contributed by atoms with Crippen molar-refractivity contribution in [1.29, 1.82) is 0 Å². The van der Waals surface area contributed by atoms with Crippen LogP contribution in [0, 0.1) is 0 Å². The number of pyridine rings is 1. The minimum atomic E-state index is -0.537. The van der Waals surface area contributed by atoms with Crippen LogP contribution in [0.25, 0.3) is 0 Å². The van der Waals surface area contributed by atoms with E-state index in [-0.39, 0.29) is 6.09 Å². The van der Waals surface area contributed by atoms with Crippen molar-refractivity contribution in [2.24, 2.45) is 0 Å². The molecule has 0 bridgehead atoms. The van der Waals surface area contributed by atoms with Crippen LogP contribution in [0.4, 0.5) is 39.2 Å². The van der Waals surface area contributed by atoms with E-state index >= 15 is 0 Å². The third kappa shape index (κ3) is 6.54. The molecule has 1 aliphatic carbocycles. The number of carbonyl (C=O) groups excluding carboxylic acids is 1. The number of hydrogen-bond donors (Lipinski definition) is 4. The molecule has 0 radical (unpaired) electrons. The average molecular weight is 531 g/mol. The van der Waals surface area contributed by atoms with Crippen LogP contribution in [0.15, 0.2) is 60.7 Å². The molecule has 2 fully saturated rings. The zero-order valence-corrected chi connectivity index (χ0v) is 22.9. The van der Waals surface area contributed by atoms with E-state index in [1.807, 2.05) is 69.3 Å². The minimum absolute atomic E-state index is 0.388. The van der Waals surface area contributed by atoms with E-state index in [0.717, 1.165) is 68.2 Å². The Labute approximate surface area is 230 Å². The Morgan fingerprint density at radius 2 is 1.74 bits per heavy atom. The second kappa shape index (κ2) is 11.0. The van der Waals surface area contributed by atoms with E-state index in [2.05, 4.69) is 33.0 Å². The Kier molecular flexibility index (Phi) is 7.52. The van der Waals surface area contributed by atoms with Crippen molar-refractivity contribution in [1.82, 2.24) is 10.3 Å². The average Bonchev–Trinajstić information content (AvgIpc) is 2.88. The maximum Gasteiger partial charge on any atom is 0.408 e. The first-order valence-electron chi connectivity index (χ1n) is 13.5. The molecule has 2 heterocycles. The molecule has 9 heteroatoms. The number of nitrogens with two attached hydrogens (primary N) is 1. The lowest BCUT2D eigenvalue weighted by molar-refractivity contribution is 0.0377. The van der Waals surface area contributed by atoms with Crippen molar-refractivity contribution in [2.75, 3.05) is 47.6 Å². The maximum absolute atomic E-state index is 12.5. The number of anilines is 6. The first kappa shape index (κ1) is 26.6. The molecule has 206 valence electrons. The molecule has 1 saturated carbocycles. The van der Waals surface area contributed by atoms with Crippen LogP contribution < -0.4 is 26.6 Å². The van der Waals surface area contributed by atoms with Crippen molar-refractivity contribution in [2.45, 2.75) is 51.2 Å². The van der Waals surface area contributed by atoms with Crippen LogP contribution >= 0.6 is 0 Å². The summed E-state index contributed by atoms with van der Waals surface area (Å²) >= 11 is 0. The van der Waals surface area contributed by atoms with E-state index in [9.17, 15) is 4.79 Å². The summed E-state index contributed by atoms with van der Waals surface area (Å²) in [7, 11) is 0. The van der Waals surface area contributed by atoms with Gasteiger partial charge in [0.1, 0.15) is 11.4 Å². The number of rotatable bonds is 7. The van der Waals surface area contributed by atoms with Crippen LogP contribution in [0.1, 0.15) is 45.6 Å². The summed E-state index contributed by atoms with van der Waals surface area (Å²) in [6.07, 6.45) is 2.44. The van der Waals surface area contributed by atoms with Crippen LogP contribution in [0.3, 0.4) is 0 Å². The molecular weight excluding hydrogens is 492 g/mol. The third-order valence-electron chi connectivity index (χ3n) is 7.07. The number of amides is 1. The Balaban J connectivity index is 1.26. The molecule has 39 heavy (non-hydrogen) atoms. The first-order chi connectivity index (χ1) is 18.7.